The SMILES string of the molecule is COc1cccc(F)c1CNc1ccc(/C(C(C)=N)=C(\C)NC2CC2)c2nncn12. The lowest BCUT2D eigenvalue weighted by Crippen LogP contribution is -2.17. The Kier molecular flexibility index (Phi) is 5.39. The zero-order chi connectivity index (χ0) is 21.3. The summed E-state index contributed by atoms with van der Waals surface area (Å²) in [7, 11) is 1.52. The van der Waals surface area contributed by atoms with Crippen LogP contribution in [-0.2, 0) is 6.54 Å². The van der Waals surface area contributed by atoms with E-state index in [-0.39, 0.29) is 12.4 Å². The molecule has 4 rings (SSSR count). The Labute approximate surface area is 174 Å². The number of fused-ring (bicyclic) bond motifs is 1. The number of methoxy groups -OCH3 is 1. The lowest BCUT2D eigenvalue weighted by molar-refractivity contribution is 0.405. The van der Waals surface area contributed by atoms with Gasteiger partial charge in [-0.25, -0.2) is 4.39 Å². The fraction of sp³-hybridized carbons (Fsp3) is 0.318. The number of hydrogen-bond acceptors (Lipinski definition) is 6. The number of rotatable bonds is 8. The third-order valence-corrected chi connectivity index (χ3v) is 5.22. The second-order valence-electron chi connectivity index (χ2n) is 7.47. The largest absolute Gasteiger partial charge is 0.496 e. The Hall–Kier alpha value is -3.42. The monoisotopic (exact) mass is 408 g/mol. The van der Waals surface area contributed by atoms with Gasteiger partial charge in [-0.05, 0) is 51.0 Å². The molecular formula is C22H25FN6O. The smallest absolute Gasteiger partial charge is 0.170 e. The maximum absolute atomic E-state index is 14.3. The van der Waals surface area contributed by atoms with Crippen molar-refractivity contribution in [3.63, 3.8) is 0 Å². The van der Waals surface area contributed by atoms with Gasteiger partial charge in [-0.1, -0.05) is 6.07 Å². The van der Waals surface area contributed by atoms with Crippen LogP contribution < -0.4 is 15.4 Å². The fourth-order valence-corrected chi connectivity index (χ4v) is 3.62. The van der Waals surface area contributed by atoms with Crippen molar-refractivity contribution in [3.8, 4) is 5.75 Å². The third kappa shape index (κ3) is 3.85. The molecule has 0 bridgehead atoms. The van der Waals surface area contributed by atoms with Crippen molar-refractivity contribution >= 4 is 22.7 Å². The van der Waals surface area contributed by atoms with Gasteiger partial charge in [0.2, 0.25) is 0 Å². The number of benzene rings is 1. The van der Waals surface area contributed by atoms with E-state index in [1.807, 2.05) is 23.5 Å². The van der Waals surface area contributed by atoms with Crippen LogP contribution in [0.5, 0.6) is 5.75 Å². The Bertz CT molecular complexity index is 1130. The number of halogens is 1. The van der Waals surface area contributed by atoms with Gasteiger partial charge in [0.05, 0.1) is 7.11 Å². The normalized spacial score (nSPS) is 14.4. The number of anilines is 1. The summed E-state index contributed by atoms with van der Waals surface area (Å²) < 4.78 is 21.4. The highest BCUT2D eigenvalue weighted by molar-refractivity contribution is 6.23. The molecule has 0 spiro atoms. The van der Waals surface area contributed by atoms with E-state index in [1.165, 1.54) is 13.2 Å². The van der Waals surface area contributed by atoms with Crippen LogP contribution in [0.4, 0.5) is 10.2 Å². The first kappa shape index (κ1) is 19.9. The molecule has 0 aliphatic heterocycles. The van der Waals surface area contributed by atoms with Gasteiger partial charge in [0.25, 0.3) is 0 Å². The van der Waals surface area contributed by atoms with Crippen molar-refractivity contribution in [1.29, 1.82) is 5.41 Å². The number of ether oxygens (including phenoxy) is 1. The zero-order valence-corrected chi connectivity index (χ0v) is 17.3. The second kappa shape index (κ2) is 8.14. The molecular weight excluding hydrogens is 383 g/mol. The van der Waals surface area contributed by atoms with E-state index in [0.717, 1.165) is 35.5 Å². The molecule has 3 N–H and O–H groups in total. The molecule has 1 fully saturated rings. The number of pyridine rings is 1. The van der Waals surface area contributed by atoms with Crippen LogP contribution in [0.15, 0.2) is 42.4 Å². The van der Waals surface area contributed by atoms with Gasteiger partial charge < -0.3 is 20.8 Å². The van der Waals surface area contributed by atoms with Crippen molar-refractivity contribution in [2.45, 2.75) is 39.3 Å². The molecule has 0 radical (unpaired) electrons. The first-order valence-electron chi connectivity index (χ1n) is 9.91. The first-order chi connectivity index (χ1) is 14.5. The number of aromatic nitrogens is 3. The summed E-state index contributed by atoms with van der Waals surface area (Å²) in [5.74, 6) is 0.884. The van der Waals surface area contributed by atoms with Crippen molar-refractivity contribution in [2.24, 2.45) is 0 Å². The lowest BCUT2D eigenvalue weighted by atomic mass is 10.0. The van der Waals surface area contributed by atoms with Gasteiger partial charge >= 0.3 is 0 Å². The average molecular weight is 408 g/mol. The second-order valence-corrected chi connectivity index (χ2v) is 7.47. The molecule has 3 aromatic rings. The summed E-state index contributed by atoms with van der Waals surface area (Å²) in [6.45, 7) is 4.02. The third-order valence-electron chi connectivity index (χ3n) is 5.22. The summed E-state index contributed by atoms with van der Waals surface area (Å²) in [5, 5.41) is 23.4. The fourth-order valence-electron chi connectivity index (χ4n) is 3.62. The predicted octanol–water partition coefficient (Wildman–Crippen LogP) is 4.01. The van der Waals surface area contributed by atoms with E-state index in [4.69, 9.17) is 10.1 Å². The molecule has 2 aromatic heterocycles. The average Bonchev–Trinajstić information content (AvgIpc) is 3.38. The molecule has 30 heavy (non-hydrogen) atoms. The van der Waals surface area contributed by atoms with Crippen LogP contribution in [0.3, 0.4) is 0 Å². The van der Waals surface area contributed by atoms with Gasteiger partial charge in [-0.15, -0.1) is 10.2 Å². The molecule has 0 atom stereocenters. The van der Waals surface area contributed by atoms with Gasteiger partial charge in [0.1, 0.15) is 23.7 Å². The molecule has 0 amide bonds. The van der Waals surface area contributed by atoms with Crippen molar-refractivity contribution in [2.75, 3.05) is 12.4 Å². The van der Waals surface area contributed by atoms with Crippen LogP contribution in [0, 0.1) is 11.2 Å². The van der Waals surface area contributed by atoms with E-state index < -0.39 is 0 Å². The number of allylic oxidation sites excluding steroid dienone is 2. The van der Waals surface area contributed by atoms with Gasteiger partial charge in [-0.3, -0.25) is 4.40 Å². The molecule has 1 aliphatic rings. The van der Waals surface area contributed by atoms with E-state index in [2.05, 4.69) is 20.8 Å². The molecule has 0 saturated heterocycles. The van der Waals surface area contributed by atoms with Crippen LogP contribution in [0.2, 0.25) is 0 Å². The highest BCUT2D eigenvalue weighted by Gasteiger charge is 2.23. The Morgan fingerprint density at radius 1 is 1.27 bits per heavy atom. The lowest BCUT2D eigenvalue weighted by Gasteiger charge is -2.16. The highest BCUT2D eigenvalue weighted by atomic mass is 19.1. The van der Waals surface area contributed by atoms with Crippen LogP contribution in [0.1, 0.15) is 37.8 Å². The Morgan fingerprint density at radius 3 is 2.77 bits per heavy atom. The van der Waals surface area contributed by atoms with Crippen LogP contribution >= 0.6 is 0 Å². The van der Waals surface area contributed by atoms with Crippen LogP contribution in [0.25, 0.3) is 11.2 Å². The zero-order valence-electron chi connectivity index (χ0n) is 17.3. The topological polar surface area (TPSA) is 87.3 Å². The molecule has 156 valence electrons. The van der Waals surface area contributed by atoms with E-state index >= 15 is 0 Å². The van der Waals surface area contributed by atoms with Crippen LogP contribution in [-0.4, -0.2) is 33.5 Å². The van der Waals surface area contributed by atoms with Gasteiger partial charge in [-0.2, -0.15) is 0 Å². The molecule has 0 unspecified atom stereocenters. The molecule has 1 aromatic carbocycles. The number of nitrogens with one attached hydrogen (secondary N) is 3. The molecule has 1 saturated carbocycles. The molecule has 8 heteroatoms. The predicted molar refractivity (Wildman–Crippen MR) is 115 cm³/mol. The molecule has 1 aliphatic carbocycles. The summed E-state index contributed by atoms with van der Waals surface area (Å²) in [4.78, 5) is 0. The van der Waals surface area contributed by atoms with Crippen molar-refractivity contribution in [1.82, 2.24) is 19.9 Å². The minimum Gasteiger partial charge on any atom is -0.496 e. The molecule has 7 nitrogen and oxygen atoms in total. The van der Waals surface area contributed by atoms with Gasteiger partial charge in [0, 0.05) is 40.7 Å². The Balaban J connectivity index is 1.68. The summed E-state index contributed by atoms with van der Waals surface area (Å²) in [6, 6.07) is 9.08. The number of hydrogen-bond donors (Lipinski definition) is 3. The maximum atomic E-state index is 14.3. The summed E-state index contributed by atoms with van der Waals surface area (Å²) in [6.07, 6.45) is 3.93. The number of nitrogens with zero attached hydrogens (tertiary/aromatic N) is 3. The van der Waals surface area contributed by atoms with Crippen molar-refractivity contribution < 1.29 is 9.13 Å². The minimum atomic E-state index is -0.329. The maximum Gasteiger partial charge on any atom is 0.170 e. The van der Waals surface area contributed by atoms with Crippen molar-refractivity contribution in [3.05, 3.63) is 59.3 Å². The van der Waals surface area contributed by atoms with Gasteiger partial charge in [0.15, 0.2) is 5.65 Å². The van der Waals surface area contributed by atoms with E-state index in [9.17, 15) is 4.39 Å². The quantitative estimate of drug-likeness (QED) is 0.490. The first-order valence-corrected chi connectivity index (χ1v) is 9.91. The highest BCUT2D eigenvalue weighted by Crippen LogP contribution is 2.29. The summed E-state index contributed by atoms with van der Waals surface area (Å²) in [5.41, 5.74) is 4.17. The standard InChI is InChI=1S/C22H25FN6O/c1-13(24)21(14(2)27-15-7-8-15)16-9-10-20(29-12-26-28-22(16)29)25-11-17-18(23)5-4-6-19(17)30-3/h4-6,9-10,12,15,24-25,27H,7-8,11H2,1-3H3/b21-14+,24-13?. The molecule has 2 heterocycles. The minimum absolute atomic E-state index is 0.247. The van der Waals surface area contributed by atoms with E-state index in [0.29, 0.717) is 28.7 Å². The van der Waals surface area contributed by atoms with E-state index in [1.54, 1.807) is 25.4 Å². The summed E-state index contributed by atoms with van der Waals surface area (Å²) >= 11 is 0. The Morgan fingerprint density at radius 2 is 2.07 bits per heavy atom.